The number of ether oxygens (including phenoxy) is 1. The average molecular weight is 494 g/mol. The highest BCUT2D eigenvalue weighted by Crippen LogP contribution is 2.39. The number of rotatable bonds is 3. The van der Waals surface area contributed by atoms with E-state index in [-0.39, 0.29) is 12.1 Å². The maximum absolute atomic E-state index is 12.6. The Kier molecular flexibility index (Phi) is 6.15. The Hall–Kier alpha value is -3.16. The van der Waals surface area contributed by atoms with Crippen molar-refractivity contribution in [3.05, 3.63) is 76.0 Å². The summed E-state index contributed by atoms with van der Waals surface area (Å²) < 4.78 is 5.57. The van der Waals surface area contributed by atoms with Gasteiger partial charge in [0.15, 0.2) is 0 Å². The molecule has 3 aliphatic heterocycles. The van der Waals surface area contributed by atoms with Crippen LogP contribution >= 0.6 is 11.6 Å². The predicted molar refractivity (Wildman–Crippen MR) is 140 cm³/mol. The summed E-state index contributed by atoms with van der Waals surface area (Å²) in [6.07, 6.45) is 2.74. The summed E-state index contributed by atoms with van der Waals surface area (Å²) in [6.45, 7) is 9.69. The van der Waals surface area contributed by atoms with E-state index in [1.54, 1.807) is 4.90 Å². The van der Waals surface area contributed by atoms with Crippen molar-refractivity contribution in [3.63, 3.8) is 0 Å². The normalized spacial score (nSPS) is 19.6. The first-order valence-corrected chi connectivity index (χ1v) is 12.4. The van der Waals surface area contributed by atoms with Gasteiger partial charge in [0.1, 0.15) is 5.60 Å². The zero-order chi connectivity index (χ0) is 24.7. The molecule has 8 heteroatoms. The Balaban J connectivity index is 1.46. The second kappa shape index (κ2) is 9.13. The highest BCUT2D eigenvalue weighted by molar-refractivity contribution is 6.30. The predicted octanol–water partition coefficient (Wildman–Crippen LogP) is 5.54. The molecule has 0 saturated heterocycles. The first-order chi connectivity index (χ1) is 16.7. The highest BCUT2D eigenvalue weighted by Gasteiger charge is 2.31. The molecule has 0 aliphatic carbocycles. The summed E-state index contributed by atoms with van der Waals surface area (Å²) in [5.41, 5.74) is 13.9. The van der Waals surface area contributed by atoms with Crippen molar-refractivity contribution in [2.75, 3.05) is 25.0 Å². The Morgan fingerprint density at radius 1 is 1.20 bits per heavy atom. The molecule has 0 spiro atoms. The third-order valence-corrected chi connectivity index (χ3v) is 6.67. The number of hydrazine groups is 2. The molecular weight excluding hydrogens is 462 g/mol. The summed E-state index contributed by atoms with van der Waals surface area (Å²) in [5, 5.41) is 6.59. The molecule has 3 heterocycles. The number of amides is 1. The number of nitrogens with one attached hydrogen (secondary N) is 3. The number of benzene rings is 2. The van der Waals surface area contributed by atoms with Gasteiger partial charge in [-0.25, -0.2) is 4.79 Å². The number of halogens is 1. The molecular formula is C27H32ClN5O2. The van der Waals surface area contributed by atoms with Crippen LogP contribution in [0, 0.1) is 0 Å². The number of fused-ring (bicyclic) bond motifs is 3. The van der Waals surface area contributed by atoms with Crippen molar-refractivity contribution in [1.82, 2.24) is 20.9 Å². The van der Waals surface area contributed by atoms with Crippen molar-refractivity contribution in [1.29, 1.82) is 0 Å². The van der Waals surface area contributed by atoms with Gasteiger partial charge in [0, 0.05) is 35.9 Å². The molecule has 0 radical (unpaired) electrons. The fourth-order valence-corrected chi connectivity index (χ4v) is 5.01. The fourth-order valence-electron chi connectivity index (χ4n) is 4.82. The Morgan fingerprint density at radius 2 is 2.03 bits per heavy atom. The minimum atomic E-state index is -0.510. The lowest BCUT2D eigenvalue weighted by molar-refractivity contribution is 0.0306. The van der Waals surface area contributed by atoms with Crippen LogP contribution in [0.2, 0.25) is 5.02 Å². The maximum Gasteiger partial charge on any atom is 0.410 e. The second-order valence-electron chi connectivity index (χ2n) is 10.3. The van der Waals surface area contributed by atoms with Crippen molar-refractivity contribution in [2.24, 2.45) is 0 Å². The number of carbonyl (C=O) groups excluding carboxylic acids is 1. The molecule has 3 aliphatic rings. The van der Waals surface area contributed by atoms with Crippen LogP contribution in [0.3, 0.4) is 0 Å². The van der Waals surface area contributed by atoms with Gasteiger partial charge in [0.05, 0.1) is 17.4 Å². The number of anilines is 1. The van der Waals surface area contributed by atoms with E-state index in [2.05, 4.69) is 52.5 Å². The van der Waals surface area contributed by atoms with Crippen LogP contribution in [0.25, 0.3) is 11.3 Å². The minimum absolute atomic E-state index is 0.0973. The molecule has 3 N–H and O–H groups in total. The van der Waals surface area contributed by atoms with Crippen molar-refractivity contribution < 1.29 is 9.53 Å². The van der Waals surface area contributed by atoms with E-state index in [4.69, 9.17) is 16.3 Å². The summed E-state index contributed by atoms with van der Waals surface area (Å²) in [4.78, 5) is 14.3. The highest BCUT2D eigenvalue weighted by atomic mass is 35.5. The van der Waals surface area contributed by atoms with Gasteiger partial charge in [-0.2, -0.15) is 0 Å². The van der Waals surface area contributed by atoms with Crippen molar-refractivity contribution in [2.45, 2.75) is 45.8 Å². The Labute approximate surface area is 211 Å². The molecule has 0 aromatic heterocycles. The van der Waals surface area contributed by atoms with Crippen LogP contribution in [-0.2, 0) is 4.74 Å². The first-order valence-electron chi connectivity index (χ1n) is 12.0. The summed E-state index contributed by atoms with van der Waals surface area (Å²) in [7, 11) is 0. The molecule has 5 rings (SSSR count). The molecule has 184 valence electrons. The summed E-state index contributed by atoms with van der Waals surface area (Å²) in [5.74, 6) is 0. The van der Waals surface area contributed by atoms with E-state index in [0.717, 1.165) is 41.2 Å². The van der Waals surface area contributed by atoms with E-state index in [1.807, 2.05) is 45.0 Å². The van der Waals surface area contributed by atoms with E-state index >= 15 is 0 Å². The zero-order valence-corrected chi connectivity index (χ0v) is 21.4. The van der Waals surface area contributed by atoms with Gasteiger partial charge in [-0.15, -0.1) is 5.53 Å². The standard InChI is InChI=1S/C27H32ClN5O2/c1-17-25-22-9-8-18(19-10-12-32(16-19)26(34)35-27(2,3)4)14-23(22)24(11-13-33(25)31-30-17)29-21-7-5-6-20(28)15-21/h5-10,14-15,24,29-31H,11-13,16H2,1-4H3. The number of allylic oxidation sites excluding steroid dienone is 1. The molecule has 7 nitrogen and oxygen atoms in total. The topological polar surface area (TPSA) is 68.9 Å². The second-order valence-corrected chi connectivity index (χ2v) is 10.7. The molecule has 2 aromatic carbocycles. The van der Waals surface area contributed by atoms with E-state index < -0.39 is 5.60 Å². The van der Waals surface area contributed by atoms with Gasteiger partial charge in [0.2, 0.25) is 0 Å². The van der Waals surface area contributed by atoms with Gasteiger partial charge < -0.3 is 20.4 Å². The van der Waals surface area contributed by atoms with E-state index in [0.29, 0.717) is 18.1 Å². The SMILES string of the molecule is CC1=C2c3ccc(C4=CCN(C(=O)OC(C)(C)C)C4)cc3C(Nc3cccc(Cl)c3)CCN2NN1. The Bertz CT molecular complexity index is 1220. The minimum Gasteiger partial charge on any atom is -0.444 e. The van der Waals surface area contributed by atoms with Gasteiger partial charge in [-0.05, 0) is 75.1 Å². The molecule has 35 heavy (non-hydrogen) atoms. The van der Waals surface area contributed by atoms with E-state index in [1.165, 1.54) is 11.1 Å². The maximum atomic E-state index is 12.6. The molecule has 1 amide bonds. The van der Waals surface area contributed by atoms with Crippen molar-refractivity contribution >= 4 is 34.7 Å². The molecule has 2 aromatic rings. The molecule has 1 unspecified atom stereocenters. The first kappa shape index (κ1) is 23.6. The average Bonchev–Trinajstić information content (AvgIpc) is 3.39. The molecule has 1 atom stereocenters. The lowest BCUT2D eigenvalue weighted by Crippen LogP contribution is -2.37. The van der Waals surface area contributed by atoms with E-state index in [9.17, 15) is 4.79 Å². The van der Waals surface area contributed by atoms with Gasteiger partial charge in [0.25, 0.3) is 0 Å². The lowest BCUT2D eigenvalue weighted by atomic mass is 9.92. The van der Waals surface area contributed by atoms with Gasteiger partial charge in [-0.3, -0.25) is 5.01 Å². The van der Waals surface area contributed by atoms with Crippen LogP contribution in [0.1, 0.15) is 56.8 Å². The monoisotopic (exact) mass is 493 g/mol. The van der Waals surface area contributed by atoms with Crippen LogP contribution in [0.5, 0.6) is 0 Å². The largest absolute Gasteiger partial charge is 0.444 e. The quantitative estimate of drug-likeness (QED) is 0.521. The van der Waals surface area contributed by atoms with Gasteiger partial charge >= 0.3 is 6.09 Å². The summed E-state index contributed by atoms with van der Waals surface area (Å²) in [6, 6.07) is 14.6. The fraction of sp³-hybridized carbons (Fsp3) is 0.370. The number of hydrogen-bond acceptors (Lipinski definition) is 6. The molecule has 0 bridgehead atoms. The third-order valence-electron chi connectivity index (χ3n) is 6.43. The third kappa shape index (κ3) is 4.97. The number of hydrogen-bond donors (Lipinski definition) is 3. The van der Waals surface area contributed by atoms with Crippen LogP contribution < -0.4 is 16.3 Å². The van der Waals surface area contributed by atoms with Crippen LogP contribution in [0.4, 0.5) is 10.5 Å². The molecule has 0 fully saturated rings. The van der Waals surface area contributed by atoms with Crippen LogP contribution in [0.15, 0.2) is 54.2 Å². The zero-order valence-electron chi connectivity index (χ0n) is 20.6. The van der Waals surface area contributed by atoms with Crippen molar-refractivity contribution in [3.8, 4) is 0 Å². The number of carbonyl (C=O) groups is 1. The molecule has 0 saturated carbocycles. The summed E-state index contributed by atoms with van der Waals surface area (Å²) >= 11 is 6.26. The number of nitrogens with zero attached hydrogens (tertiary/aromatic N) is 2. The smallest absolute Gasteiger partial charge is 0.410 e. The lowest BCUT2D eigenvalue weighted by Gasteiger charge is -2.25. The van der Waals surface area contributed by atoms with Crippen LogP contribution in [-0.4, -0.2) is 41.2 Å². The van der Waals surface area contributed by atoms with Gasteiger partial charge in [-0.1, -0.05) is 35.9 Å². The Morgan fingerprint density at radius 3 is 2.80 bits per heavy atom.